The van der Waals surface area contributed by atoms with E-state index in [1.54, 1.807) is 13.0 Å². The first-order valence-corrected chi connectivity index (χ1v) is 9.27. The summed E-state index contributed by atoms with van der Waals surface area (Å²) in [5.74, 6) is -1.06. The number of nitrogens with one attached hydrogen (secondary N) is 3. The van der Waals surface area contributed by atoms with Gasteiger partial charge < -0.3 is 20.3 Å². The van der Waals surface area contributed by atoms with Crippen LogP contribution in [0.4, 0.5) is 5.82 Å². The van der Waals surface area contributed by atoms with E-state index in [9.17, 15) is 14.4 Å². The quantitative estimate of drug-likeness (QED) is 0.621. The fraction of sp³-hybridized carbons (Fsp3) is 0.647. The maximum Gasteiger partial charge on any atom is 0.315 e. The smallest absolute Gasteiger partial charge is 0.315 e. The van der Waals surface area contributed by atoms with E-state index in [2.05, 4.69) is 28.0 Å². The van der Waals surface area contributed by atoms with Crippen LogP contribution in [0.5, 0.6) is 0 Å². The molecule has 0 radical (unpaired) electrons. The fourth-order valence-corrected chi connectivity index (χ4v) is 3.31. The number of hydrogen-bond acceptors (Lipinski definition) is 6. The number of morpholine rings is 1. The van der Waals surface area contributed by atoms with Crippen LogP contribution in [-0.2, 0) is 19.1 Å². The Bertz CT molecular complexity index is 712. The second-order valence-corrected chi connectivity index (χ2v) is 6.80. The monoisotopic (exact) mass is 378 g/mol. The molecule has 148 valence electrons. The lowest BCUT2D eigenvalue weighted by atomic mass is 10.1. The van der Waals surface area contributed by atoms with E-state index in [1.165, 1.54) is 9.58 Å². The number of aryl methyl sites for hydroxylation is 1. The third-order valence-electron chi connectivity index (χ3n) is 4.60. The van der Waals surface area contributed by atoms with Crippen LogP contribution in [-0.4, -0.2) is 64.7 Å². The molecule has 0 bridgehead atoms. The molecule has 3 rings (SSSR count). The summed E-state index contributed by atoms with van der Waals surface area (Å²) in [5, 5.41) is 13.1. The number of amides is 3. The summed E-state index contributed by atoms with van der Waals surface area (Å²) < 4.78 is 6.70. The molecule has 10 nitrogen and oxygen atoms in total. The lowest BCUT2D eigenvalue weighted by molar-refractivity contribution is -0.145. The van der Waals surface area contributed by atoms with E-state index < -0.39 is 18.1 Å². The predicted octanol–water partition coefficient (Wildman–Crippen LogP) is -0.277. The lowest BCUT2D eigenvalue weighted by Gasteiger charge is -2.32. The highest BCUT2D eigenvalue weighted by Crippen LogP contribution is 2.19. The van der Waals surface area contributed by atoms with Gasteiger partial charge in [0.15, 0.2) is 6.29 Å². The number of carbonyl (C=O) groups is 3. The van der Waals surface area contributed by atoms with Gasteiger partial charge >= 0.3 is 11.8 Å². The lowest BCUT2D eigenvalue weighted by Crippen LogP contribution is -2.53. The number of aromatic nitrogens is 2. The SMILES string of the molecule is CCCC1CC(=O)NC(n2nc(C)cc2NC(=O)C(=O)N2CCOCC2)N1. The molecule has 0 aromatic carbocycles. The molecule has 2 aliphatic heterocycles. The van der Waals surface area contributed by atoms with E-state index in [4.69, 9.17) is 4.74 Å². The molecule has 0 saturated carbocycles. The van der Waals surface area contributed by atoms with Crippen molar-refractivity contribution < 1.29 is 19.1 Å². The minimum atomic E-state index is -0.731. The zero-order valence-electron chi connectivity index (χ0n) is 15.7. The number of anilines is 1. The van der Waals surface area contributed by atoms with Crippen molar-refractivity contribution in [3.05, 3.63) is 11.8 Å². The molecule has 2 aliphatic rings. The molecule has 2 unspecified atom stereocenters. The van der Waals surface area contributed by atoms with E-state index in [0.717, 1.165) is 12.8 Å². The summed E-state index contributed by atoms with van der Waals surface area (Å²) in [5.41, 5.74) is 0.665. The molecule has 2 fully saturated rings. The molecule has 3 heterocycles. The van der Waals surface area contributed by atoms with Gasteiger partial charge in [0.2, 0.25) is 5.91 Å². The highest BCUT2D eigenvalue weighted by Gasteiger charge is 2.30. The van der Waals surface area contributed by atoms with Gasteiger partial charge in [0.25, 0.3) is 0 Å². The van der Waals surface area contributed by atoms with Gasteiger partial charge in [-0.15, -0.1) is 0 Å². The average molecular weight is 378 g/mol. The predicted molar refractivity (Wildman–Crippen MR) is 96.6 cm³/mol. The second-order valence-electron chi connectivity index (χ2n) is 6.80. The van der Waals surface area contributed by atoms with Gasteiger partial charge in [0, 0.05) is 31.6 Å². The van der Waals surface area contributed by atoms with Crippen molar-refractivity contribution in [2.24, 2.45) is 0 Å². The highest BCUT2D eigenvalue weighted by molar-refractivity contribution is 6.39. The van der Waals surface area contributed by atoms with Gasteiger partial charge in [-0.05, 0) is 13.3 Å². The third kappa shape index (κ3) is 4.64. The first-order chi connectivity index (χ1) is 13.0. The van der Waals surface area contributed by atoms with Gasteiger partial charge in [-0.1, -0.05) is 13.3 Å². The summed E-state index contributed by atoms with van der Waals surface area (Å²) in [7, 11) is 0. The Morgan fingerprint density at radius 2 is 2.11 bits per heavy atom. The Labute approximate surface area is 157 Å². The Kier molecular flexibility index (Phi) is 6.07. The Balaban J connectivity index is 1.72. The van der Waals surface area contributed by atoms with Crippen LogP contribution in [0.2, 0.25) is 0 Å². The molecule has 1 aromatic heterocycles. The van der Waals surface area contributed by atoms with Crippen molar-refractivity contribution in [1.82, 2.24) is 25.3 Å². The summed E-state index contributed by atoms with van der Waals surface area (Å²) in [6.07, 6.45) is 1.64. The molecule has 0 spiro atoms. The molecular weight excluding hydrogens is 352 g/mol. The maximum atomic E-state index is 12.4. The van der Waals surface area contributed by atoms with Crippen molar-refractivity contribution >= 4 is 23.5 Å². The minimum absolute atomic E-state index is 0.0387. The van der Waals surface area contributed by atoms with E-state index in [-0.39, 0.29) is 11.9 Å². The molecule has 2 saturated heterocycles. The summed E-state index contributed by atoms with van der Waals surface area (Å²) in [6.45, 7) is 5.47. The standard InChI is InChI=1S/C17H26N6O4/c1-3-4-12-10-14(24)20-17(18-12)23-13(9-11(2)21-23)19-15(25)16(26)22-5-7-27-8-6-22/h9,12,17-18H,3-8,10H2,1-2H3,(H,19,25)(H,20,24). The van der Waals surface area contributed by atoms with Gasteiger partial charge in [-0.2, -0.15) is 5.10 Å². The molecule has 10 heteroatoms. The van der Waals surface area contributed by atoms with Crippen LogP contribution in [0.15, 0.2) is 6.07 Å². The van der Waals surface area contributed by atoms with Crippen LogP contribution in [0.3, 0.4) is 0 Å². The van der Waals surface area contributed by atoms with Crippen LogP contribution in [0, 0.1) is 6.92 Å². The number of rotatable bonds is 4. The van der Waals surface area contributed by atoms with Crippen molar-refractivity contribution in [2.75, 3.05) is 31.6 Å². The molecule has 1 aromatic rings. The molecule has 2 atom stereocenters. The van der Waals surface area contributed by atoms with Gasteiger partial charge in [-0.3, -0.25) is 19.7 Å². The van der Waals surface area contributed by atoms with Crippen LogP contribution >= 0.6 is 0 Å². The van der Waals surface area contributed by atoms with E-state index in [0.29, 0.717) is 44.2 Å². The van der Waals surface area contributed by atoms with Gasteiger partial charge in [0.05, 0.1) is 18.9 Å². The zero-order chi connectivity index (χ0) is 19.4. The van der Waals surface area contributed by atoms with Crippen LogP contribution in [0.1, 0.15) is 38.2 Å². The third-order valence-corrected chi connectivity index (χ3v) is 4.60. The molecular formula is C17H26N6O4. The summed E-state index contributed by atoms with van der Waals surface area (Å²) in [4.78, 5) is 38.2. The number of nitrogens with zero attached hydrogens (tertiary/aromatic N) is 3. The number of ether oxygens (including phenoxy) is 1. The van der Waals surface area contributed by atoms with Crippen molar-refractivity contribution in [3.63, 3.8) is 0 Å². The minimum Gasteiger partial charge on any atom is -0.378 e. The van der Waals surface area contributed by atoms with Crippen molar-refractivity contribution in [3.8, 4) is 0 Å². The Hall–Kier alpha value is -2.46. The van der Waals surface area contributed by atoms with Crippen LogP contribution < -0.4 is 16.0 Å². The van der Waals surface area contributed by atoms with E-state index in [1.807, 2.05) is 0 Å². The summed E-state index contributed by atoms with van der Waals surface area (Å²) >= 11 is 0. The highest BCUT2D eigenvalue weighted by atomic mass is 16.5. The van der Waals surface area contributed by atoms with Gasteiger partial charge in [-0.25, -0.2) is 4.68 Å². The average Bonchev–Trinajstić information content (AvgIpc) is 3.02. The molecule has 3 N–H and O–H groups in total. The van der Waals surface area contributed by atoms with Crippen molar-refractivity contribution in [2.45, 2.75) is 45.4 Å². The number of carbonyl (C=O) groups excluding carboxylic acids is 3. The second kappa shape index (κ2) is 8.49. The van der Waals surface area contributed by atoms with Gasteiger partial charge in [0.1, 0.15) is 5.82 Å². The van der Waals surface area contributed by atoms with Crippen LogP contribution in [0.25, 0.3) is 0 Å². The largest absolute Gasteiger partial charge is 0.378 e. The first kappa shape index (κ1) is 19.3. The fourth-order valence-electron chi connectivity index (χ4n) is 3.31. The summed E-state index contributed by atoms with van der Waals surface area (Å²) in [6, 6.07) is 1.71. The Morgan fingerprint density at radius 1 is 1.37 bits per heavy atom. The molecule has 3 amide bonds. The Morgan fingerprint density at radius 3 is 2.81 bits per heavy atom. The zero-order valence-corrected chi connectivity index (χ0v) is 15.7. The first-order valence-electron chi connectivity index (χ1n) is 9.27. The molecule has 27 heavy (non-hydrogen) atoms. The topological polar surface area (TPSA) is 118 Å². The van der Waals surface area contributed by atoms with E-state index >= 15 is 0 Å². The maximum absolute atomic E-state index is 12.4. The normalized spacial score (nSPS) is 23.0. The van der Waals surface area contributed by atoms with Crippen molar-refractivity contribution in [1.29, 1.82) is 0 Å². The number of hydrogen-bond donors (Lipinski definition) is 3. The molecule has 0 aliphatic carbocycles.